The molecule has 0 aromatic carbocycles. The molecule has 0 bridgehead atoms. The minimum Gasteiger partial charge on any atom is -0.355 e. The molecule has 21 heavy (non-hydrogen) atoms. The third-order valence-corrected chi connectivity index (χ3v) is 6.61. The van der Waals surface area contributed by atoms with Gasteiger partial charge in [-0.1, -0.05) is 47.9 Å². The van der Waals surface area contributed by atoms with E-state index in [9.17, 15) is 4.79 Å². The van der Waals surface area contributed by atoms with Gasteiger partial charge < -0.3 is 5.32 Å². The van der Waals surface area contributed by atoms with Crippen molar-refractivity contribution >= 4 is 52.1 Å². The van der Waals surface area contributed by atoms with Crippen LogP contribution in [-0.4, -0.2) is 33.7 Å². The summed E-state index contributed by atoms with van der Waals surface area (Å²) in [5.41, 5.74) is 0. The second-order valence-electron chi connectivity index (χ2n) is 4.15. The summed E-state index contributed by atoms with van der Waals surface area (Å²) in [6.45, 7) is 4.67. The molecule has 0 saturated carbocycles. The fourth-order valence-corrected chi connectivity index (χ4v) is 5.33. The van der Waals surface area contributed by atoms with Crippen LogP contribution in [0.5, 0.6) is 0 Å². The molecule has 1 N–H and O–H groups in total. The molecule has 1 atom stereocenters. The fourth-order valence-electron chi connectivity index (χ4n) is 1.54. The number of amides is 1. The molecule has 1 amide bonds. The third-order valence-electron chi connectivity index (χ3n) is 2.55. The van der Waals surface area contributed by atoms with E-state index < -0.39 is 0 Å². The number of thiophene rings is 1. The Bertz CT molecular complexity index is 556. The SMILES string of the molecule is CCSc1nnc(SC(C)C(=O)NCCc2cccs2)s1. The predicted molar refractivity (Wildman–Crippen MR) is 92.7 cm³/mol. The number of carbonyl (C=O) groups is 1. The highest BCUT2D eigenvalue weighted by Crippen LogP contribution is 2.30. The highest BCUT2D eigenvalue weighted by atomic mass is 32.2. The summed E-state index contributed by atoms with van der Waals surface area (Å²) in [7, 11) is 0. The van der Waals surface area contributed by atoms with Gasteiger partial charge in [-0.15, -0.1) is 21.5 Å². The number of hydrogen-bond donors (Lipinski definition) is 1. The minimum atomic E-state index is -0.152. The van der Waals surface area contributed by atoms with Crippen molar-refractivity contribution in [3.05, 3.63) is 22.4 Å². The van der Waals surface area contributed by atoms with Gasteiger partial charge in [0.05, 0.1) is 5.25 Å². The number of nitrogens with zero attached hydrogens (tertiary/aromatic N) is 2. The van der Waals surface area contributed by atoms with E-state index in [1.807, 2.05) is 13.0 Å². The molecule has 0 aliphatic carbocycles. The Morgan fingerprint density at radius 1 is 1.43 bits per heavy atom. The van der Waals surface area contributed by atoms with Crippen molar-refractivity contribution in [3.8, 4) is 0 Å². The topological polar surface area (TPSA) is 54.9 Å². The van der Waals surface area contributed by atoms with Crippen molar-refractivity contribution < 1.29 is 4.79 Å². The van der Waals surface area contributed by atoms with Gasteiger partial charge in [0.15, 0.2) is 8.68 Å². The Morgan fingerprint density at radius 3 is 2.95 bits per heavy atom. The van der Waals surface area contributed by atoms with Crippen molar-refractivity contribution in [2.45, 2.75) is 34.2 Å². The number of carbonyl (C=O) groups excluding carboxylic acids is 1. The maximum absolute atomic E-state index is 12.0. The lowest BCUT2D eigenvalue weighted by Crippen LogP contribution is -2.32. The average Bonchev–Trinajstić information content (AvgIpc) is 3.11. The molecule has 0 aliphatic rings. The van der Waals surface area contributed by atoms with Crippen LogP contribution >= 0.6 is 46.2 Å². The number of hydrogen-bond acceptors (Lipinski definition) is 7. The first-order valence-corrected chi connectivity index (χ1v) is 10.2. The molecule has 2 rings (SSSR count). The number of thioether (sulfide) groups is 2. The van der Waals surface area contributed by atoms with Gasteiger partial charge in [-0.2, -0.15) is 0 Å². The van der Waals surface area contributed by atoms with Crippen molar-refractivity contribution in [1.82, 2.24) is 15.5 Å². The summed E-state index contributed by atoms with van der Waals surface area (Å²) in [5.74, 6) is 1.04. The van der Waals surface area contributed by atoms with Crippen LogP contribution < -0.4 is 5.32 Å². The first-order valence-electron chi connectivity index (χ1n) is 6.62. The lowest BCUT2D eigenvalue weighted by molar-refractivity contribution is -0.120. The van der Waals surface area contributed by atoms with Crippen LogP contribution in [0.25, 0.3) is 0 Å². The molecule has 114 valence electrons. The third kappa shape index (κ3) is 5.61. The number of aromatic nitrogens is 2. The van der Waals surface area contributed by atoms with Crippen LogP contribution in [0.3, 0.4) is 0 Å². The van der Waals surface area contributed by atoms with Crippen molar-refractivity contribution in [3.63, 3.8) is 0 Å². The van der Waals surface area contributed by atoms with Gasteiger partial charge in [0.1, 0.15) is 0 Å². The van der Waals surface area contributed by atoms with Crippen LogP contribution in [-0.2, 0) is 11.2 Å². The molecule has 2 aromatic rings. The maximum Gasteiger partial charge on any atom is 0.233 e. The van der Waals surface area contributed by atoms with Gasteiger partial charge in [-0.3, -0.25) is 4.79 Å². The Balaban J connectivity index is 1.73. The first-order chi connectivity index (χ1) is 10.2. The van der Waals surface area contributed by atoms with Crippen LogP contribution in [0.1, 0.15) is 18.7 Å². The minimum absolute atomic E-state index is 0.0523. The van der Waals surface area contributed by atoms with Crippen LogP contribution in [0, 0.1) is 0 Å². The van der Waals surface area contributed by atoms with Gasteiger partial charge in [-0.05, 0) is 30.5 Å². The Kier molecular flexibility index (Phi) is 7.01. The second kappa shape index (κ2) is 8.77. The quantitative estimate of drug-likeness (QED) is 0.731. The Morgan fingerprint density at radius 2 is 2.24 bits per heavy atom. The normalized spacial score (nSPS) is 12.3. The maximum atomic E-state index is 12.0. The van der Waals surface area contributed by atoms with Gasteiger partial charge in [0.2, 0.25) is 5.91 Å². The molecule has 1 unspecified atom stereocenters. The lowest BCUT2D eigenvalue weighted by atomic mass is 10.3. The number of rotatable bonds is 8. The largest absolute Gasteiger partial charge is 0.355 e. The molecule has 0 aliphatic heterocycles. The van der Waals surface area contributed by atoms with Gasteiger partial charge in [-0.25, -0.2) is 0 Å². The Hall–Kier alpha value is -0.570. The smallest absolute Gasteiger partial charge is 0.233 e. The summed E-state index contributed by atoms with van der Waals surface area (Å²) < 4.78 is 1.82. The van der Waals surface area contributed by atoms with E-state index in [1.54, 1.807) is 34.4 Å². The summed E-state index contributed by atoms with van der Waals surface area (Å²) in [4.78, 5) is 13.3. The Labute approximate surface area is 141 Å². The molecule has 4 nitrogen and oxygen atoms in total. The molecular formula is C13H17N3OS4. The number of nitrogens with one attached hydrogen (secondary N) is 1. The standard InChI is InChI=1S/C13H17N3OS4/c1-3-18-12-15-16-13(21-12)20-9(2)11(17)14-7-6-10-5-4-8-19-10/h4-5,8-9H,3,6-7H2,1-2H3,(H,14,17). The monoisotopic (exact) mass is 359 g/mol. The predicted octanol–water partition coefficient (Wildman–Crippen LogP) is 3.55. The van der Waals surface area contributed by atoms with E-state index in [-0.39, 0.29) is 11.2 Å². The molecule has 0 fully saturated rings. The van der Waals surface area contributed by atoms with E-state index in [4.69, 9.17) is 0 Å². The van der Waals surface area contributed by atoms with Crippen LogP contribution in [0.15, 0.2) is 26.2 Å². The summed E-state index contributed by atoms with van der Waals surface area (Å²) in [5, 5.41) is 13.1. The first kappa shape index (κ1) is 16.8. The zero-order chi connectivity index (χ0) is 15.1. The summed E-state index contributed by atoms with van der Waals surface area (Å²) in [6, 6.07) is 4.12. The van der Waals surface area contributed by atoms with E-state index in [0.717, 1.165) is 20.9 Å². The second-order valence-corrected chi connectivity index (χ2v) is 9.26. The zero-order valence-corrected chi connectivity index (χ0v) is 15.1. The molecule has 0 radical (unpaired) electrons. The van der Waals surface area contributed by atoms with Crippen LogP contribution in [0.2, 0.25) is 0 Å². The van der Waals surface area contributed by atoms with Crippen LogP contribution in [0.4, 0.5) is 0 Å². The van der Waals surface area contributed by atoms with E-state index in [0.29, 0.717) is 6.54 Å². The van der Waals surface area contributed by atoms with Gasteiger partial charge in [0, 0.05) is 11.4 Å². The molecule has 2 aromatic heterocycles. The average molecular weight is 360 g/mol. The molecule has 8 heteroatoms. The van der Waals surface area contributed by atoms with Gasteiger partial charge in [0.25, 0.3) is 0 Å². The molecular weight excluding hydrogens is 342 g/mol. The van der Waals surface area contributed by atoms with Gasteiger partial charge >= 0.3 is 0 Å². The van der Waals surface area contributed by atoms with Crippen molar-refractivity contribution in [2.75, 3.05) is 12.3 Å². The van der Waals surface area contributed by atoms with E-state index in [2.05, 4.69) is 33.9 Å². The van der Waals surface area contributed by atoms with Crippen molar-refractivity contribution in [2.24, 2.45) is 0 Å². The molecule has 0 spiro atoms. The highest BCUT2D eigenvalue weighted by Gasteiger charge is 2.16. The zero-order valence-electron chi connectivity index (χ0n) is 11.9. The lowest BCUT2D eigenvalue weighted by Gasteiger charge is -2.09. The van der Waals surface area contributed by atoms with E-state index >= 15 is 0 Å². The summed E-state index contributed by atoms with van der Waals surface area (Å²) in [6.07, 6.45) is 0.886. The fraction of sp³-hybridized carbons (Fsp3) is 0.462. The highest BCUT2D eigenvalue weighted by molar-refractivity contribution is 8.03. The van der Waals surface area contributed by atoms with Crippen molar-refractivity contribution in [1.29, 1.82) is 0 Å². The summed E-state index contributed by atoms with van der Waals surface area (Å²) >= 11 is 6.41. The molecule has 2 heterocycles. The van der Waals surface area contributed by atoms with E-state index in [1.165, 1.54) is 16.6 Å². The molecule has 0 saturated heterocycles.